The van der Waals surface area contributed by atoms with Crippen molar-refractivity contribution in [2.24, 2.45) is 5.92 Å². The van der Waals surface area contributed by atoms with Crippen LogP contribution in [0.4, 0.5) is 5.82 Å². The van der Waals surface area contributed by atoms with Crippen LogP contribution in [0.3, 0.4) is 0 Å². The van der Waals surface area contributed by atoms with Crippen molar-refractivity contribution >= 4 is 17.8 Å². The zero-order chi connectivity index (χ0) is 22.2. The molecule has 2 N–H and O–H groups in total. The molecule has 2 heterocycles. The molecule has 1 fully saturated rings. The third kappa shape index (κ3) is 7.49. The molecule has 3 rings (SSSR count). The number of aryl methyl sites for hydroxylation is 1. The summed E-state index contributed by atoms with van der Waals surface area (Å²) in [6, 6.07) is 9.51. The highest BCUT2D eigenvalue weighted by Gasteiger charge is 2.17. The number of ether oxygens (including phenoxy) is 1. The second kappa shape index (κ2) is 11.1. The highest BCUT2D eigenvalue weighted by molar-refractivity contribution is 5.90. The number of aliphatic hydroxyl groups excluding tert-OH is 1. The van der Waals surface area contributed by atoms with E-state index >= 15 is 0 Å². The van der Waals surface area contributed by atoms with E-state index in [0.717, 1.165) is 37.2 Å². The van der Waals surface area contributed by atoms with Crippen LogP contribution in [0.15, 0.2) is 42.6 Å². The molecule has 0 spiro atoms. The fraction of sp³-hybridized carbons (Fsp3) is 0.440. The second-order valence-electron chi connectivity index (χ2n) is 8.47. The fourth-order valence-electron chi connectivity index (χ4n) is 3.44. The molecule has 2 aromatic rings. The number of likely N-dealkylation sites (tertiary alicyclic amines) is 1. The van der Waals surface area contributed by atoms with Crippen molar-refractivity contribution in [3.63, 3.8) is 0 Å². The fourth-order valence-corrected chi connectivity index (χ4v) is 3.44. The van der Waals surface area contributed by atoms with E-state index in [-0.39, 0.29) is 12.0 Å². The Labute approximate surface area is 185 Å². The van der Waals surface area contributed by atoms with Crippen LogP contribution in [-0.4, -0.2) is 46.6 Å². The molecule has 166 valence electrons. The molecule has 0 atom stereocenters. The van der Waals surface area contributed by atoms with Crippen LogP contribution in [0.2, 0.25) is 0 Å². The summed E-state index contributed by atoms with van der Waals surface area (Å²) < 4.78 is 6.01. The van der Waals surface area contributed by atoms with Gasteiger partial charge in [0.1, 0.15) is 17.3 Å². The largest absolute Gasteiger partial charge is 0.457 e. The predicted molar refractivity (Wildman–Crippen MR) is 124 cm³/mol. The smallest absolute Gasteiger partial charge is 0.226 e. The van der Waals surface area contributed by atoms with Gasteiger partial charge in [-0.05, 0) is 55.0 Å². The maximum absolute atomic E-state index is 12.3. The van der Waals surface area contributed by atoms with Crippen molar-refractivity contribution in [2.45, 2.75) is 46.1 Å². The average molecular weight is 424 g/mol. The number of carbonyl (C=O) groups is 1. The van der Waals surface area contributed by atoms with Gasteiger partial charge in [0.25, 0.3) is 0 Å². The van der Waals surface area contributed by atoms with Gasteiger partial charge in [0.05, 0.1) is 6.10 Å². The molecular formula is C25H33N3O3. The number of piperidine rings is 1. The summed E-state index contributed by atoms with van der Waals surface area (Å²) in [6.45, 7) is 8.73. The minimum Gasteiger partial charge on any atom is -0.457 e. The van der Waals surface area contributed by atoms with Gasteiger partial charge in [-0.15, -0.1) is 0 Å². The number of amides is 1. The summed E-state index contributed by atoms with van der Waals surface area (Å²) in [6.07, 6.45) is 7.66. The number of anilines is 1. The molecule has 1 aliphatic heterocycles. The maximum Gasteiger partial charge on any atom is 0.226 e. The lowest BCUT2D eigenvalue weighted by atomic mass is 10.1. The third-order valence-electron chi connectivity index (χ3n) is 5.36. The third-order valence-corrected chi connectivity index (χ3v) is 5.36. The van der Waals surface area contributed by atoms with Gasteiger partial charge in [0, 0.05) is 38.3 Å². The molecule has 0 aliphatic carbocycles. The molecule has 1 aromatic heterocycles. The first kappa shape index (κ1) is 23.0. The number of carbonyl (C=O) groups excluding carboxylic acids is 1. The van der Waals surface area contributed by atoms with Gasteiger partial charge in [-0.25, -0.2) is 4.98 Å². The molecule has 0 radical (unpaired) electrons. The van der Waals surface area contributed by atoms with Crippen molar-refractivity contribution in [3.8, 4) is 11.5 Å². The molecule has 1 aliphatic rings. The lowest BCUT2D eigenvalue weighted by Crippen LogP contribution is -2.37. The van der Waals surface area contributed by atoms with Crippen molar-refractivity contribution in [1.82, 2.24) is 9.88 Å². The molecule has 0 bridgehead atoms. The number of benzene rings is 1. The number of pyridine rings is 1. The SMILES string of the molecule is Cc1ccc(Oc2ccnc(NC(=O)CCN3CCC(O)CC3)c2)cc1/C=C\C(C)C. The first-order chi connectivity index (χ1) is 14.9. The quantitative estimate of drug-likeness (QED) is 0.647. The van der Waals surface area contributed by atoms with Crippen LogP contribution < -0.4 is 10.1 Å². The Hall–Kier alpha value is -2.70. The zero-order valence-corrected chi connectivity index (χ0v) is 18.7. The number of hydrogen-bond donors (Lipinski definition) is 2. The first-order valence-corrected chi connectivity index (χ1v) is 11.0. The lowest BCUT2D eigenvalue weighted by molar-refractivity contribution is -0.116. The summed E-state index contributed by atoms with van der Waals surface area (Å²) in [4.78, 5) is 18.8. The minimum atomic E-state index is -0.201. The molecule has 1 saturated heterocycles. The van der Waals surface area contributed by atoms with E-state index < -0.39 is 0 Å². The first-order valence-electron chi connectivity index (χ1n) is 11.0. The molecule has 0 unspecified atom stereocenters. The number of aliphatic hydroxyl groups is 1. The Kier molecular flexibility index (Phi) is 8.20. The van der Waals surface area contributed by atoms with Gasteiger partial charge in [-0.2, -0.15) is 0 Å². The molecule has 6 nitrogen and oxygen atoms in total. The van der Waals surface area contributed by atoms with Crippen molar-refractivity contribution in [2.75, 3.05) is 25.0 Å². The van der Waals surface area contributed by atoms with E-state index in [1.165, 1.54) is 5.56 Å². The number of nitrogens with zero attached hydrogens (tertiary/aromatic N) is 2. The van der Waals surface area contributed by atoms with Gasteiger partial charge >= 0.3 is 0 Å². The number of rotatable bonds is 8. The van der Waals surface area contributed by atoms with E-state index in [4.69, 9.17) is 4.74 Å². The van der Waals surface area contributed by atoms with Gasteiger partial charge in [0.15, 0.2) is 0 Å². The van der Waals surface area contributed by atoms with E-state index in [2.05, 4.69) is 48.1 Å². The minimum absolute atomic E-state index is 0.0767. The number of hydrogen-bond acceptors (Lipinski definition) is 5. The molecule has 1 amide bonds. The summed E-state index contributed by atoms with van der Waals surface area (Å²) in [7, 11) is 0. The molecule has 1 aromatic carbocycles. The van der Waals surface area contributed by atoms with Crippen molar-refractivity contribution in [3.05, 3.63) is 53.7 Å². The Bertz CT molecular complexity index is 903. The Morgan fingerprint density at radius 1 is 1.26 bits per heavy atom. The summed E-state index contributed by atoms with van der Waals surface area (Å²) in [5.74, 6) is 2.25. The van der Waals surface area contributed by atoms with Crippen LogP contribution in [0.1, 0.15) is 44.2 Å². The maximum atomic E-state index is 12.3. The molecule has 0 saturated carbocycles. The van der Waals surface area contributed by atoms with Crippen molar-refractivity contribution in [1.29, 1.82) is 0 Å². The van der Waals surface area contributed by atoms with E-state index in [1.54, 1.807) is 18.3 Å². The van der Waals surface area contributed by atoms with Gasteiger partial charge in [-0.1, -0.05) is 32.1 Å². The van der Waals surface area contributed by atoms with Crippen LogP contribution in [0, 0.1) is 12.8 Å². The molecule has 6 heteroatoms. The second-order valence-corrected chi connectivity index (χ2v) is 8.47. The number of nitrogens with one attached hydrogen (secondary N) is 1. The highest BCUT2D eigenvalue weighted by atomic mass is 16.5. The van der Waals surface area contributed by atoms with E-state index in [1.807, 2.05) is 18.2 Å². The topological polar surface area (TPSA) is 74.7 Å². The average Bonchev–Trinajstić information content (AvgIpc) is 2.74. The van der Waals surface area contributed by atoms with E-state index in [9.17, 15) is 9.90 Å². The van der Waals surface area contributed by atoms with Gasteiger partial charge < -0.3 is 20.1 Å². The summed E-state index contributed by atoms with van der Waals surface area (Å²) in [5.41, 5.74) is 2.31. The van der Waals surface area contributed by atoms with Crippen LogP contribution in [0.5, 0.6) is 11.5 Å². The lowest BCUT2D eigenvalue weighted by Gasteiger charge is -2.29. The number of allylic oxidation sites excluding steroid dienone is 1. The van der Waals surface area contributed by atoms with Crippen LogP contribution in [-0.2, 0) is 4.79 Å². The summed E-state index contributed by atoms with van der Waals surface area (Å²) >= 11 is 0. The summed E-state index contributed by atoms with van der Waals surface area (Å²) in [5, 5.41) is 12.4. The zero-order valence-electron chi connectivity index (χ0n) is 18.7. The molecule has 31 heavy (non-hydrogen) atoms. The van der Waals surface area contributed by atoms with Gasteiger partial charge in [0.2, 0.25) is 5.91 Å². The molecular weight excluding hydrogens is 390 g/mol. The Morgan fingerprint density at radius 3 is 2.74 bits per heavy atom. The van der Waals surface area contributed by atoms with Gasteiger partial charge in [-0.3, -0.25) is 4.79 Å². The Morgan fingerprint density at radius 2 is 2.00 bits per heavy atom. The van der Waals surface area contributed by atoms with Crippen LogP contribution >= 0.6 is 0 Å². The standard InChI is InChI=1S/C25H33N3O3/c1-18(2)4-6-20-16-22(7-5-19(20)3)31-23-8-12-26-24(17-23)27-25(30)11-15-28-13-9-21(29)10-14-28/h4-8,12,16-18,21,29H,9-11,13-15H2,1-3H3,(H,26,27,30)/b6-4-. The highest BCUT2D eigenvalue weighted by Crippen LogP contribution is 2.26. The van der Waals surface area contributed by atoms with E-state index in [0.29, 0.717) is 30.5 Å². The normalized spacial score (nSPS) is 15.5. The van der Waals surface area contributed by atoms with Crippen molar-refractivity contribution < 1.29 is 14.6 Å². The predicted octanol–water partition coefficient (Wildman–Crippen LogP) is 4.64. The Balaban J connectivity index is 1.56. The van der Waals surface area contributed by atoms with Crippen LogP contribution in [0.25, 0.3) is 6.08 Å². The number of aromatic nitrogens is 1. The monoisotopic (exact) mass is 423 g/mol.